The number of aromatic amines is 1. The molecule has 2 heterocycles. The van der Waals surface area contributed by atoms with Gasteiger partial charge in [-0.1, -0.05) is 36.4 Å². The predicted octanol–water partition coefficient (Wildman–Crippen LogP) is 3.70. The molecule has 154 valence electrons. The molecule has 3 aromatic rings. The molecule has 0 amide bonds. The second kappa shape index (κ2) is 11.4. The van der Waals surface area contributed by atoms with E-state index in [4.69, 9.17) is 9.73 Å². The summed E-state index contributed by atoms with van der Waals surface area (Å²) in [6.45, 7) is 4.01. The van der Waals surface area contributed by atoms with E-state index in [1.165, 1.54) is 0 Å². The van der Waals surface area contributed by atoms with Crippen LogP contribution in [-0.4, -0.2) is 46.5 Å². The standard InChI is InChI=1S/C21H26N6O.HI/c1-4-22-21(25-13-16-10-11-20(28-3)24-12-16)27(2)15-19-23-14-18(26-19)17-8-6-5-7-9-17;/h5-12,14H,4,13,15H2,1-3H3,(H,22,25)(H,23,26);1H. The third kappa shape index (κ3) is 6.45. The van der Waals surface area contributed by atoms with Crippen LogP contribution in [-0.2, 0) is 13.1 Å². The first-order valence-electron chi connectivity index (χ1n) is 9.27. The Balaban J connectivity index is 0.00000300. The van der Waals surface area contributed by atoms with Crippen LogP contribution in [0.15, 0.2) is 59.9 Å². The van der Waals surface area contributed by atoms with Gasteiger partial charge in [0.15, 0.2) is 5.96 Å². The van der Waals surface area contributed by atoms with Crippen molar-refractivity contribution in [2.45, 2.75) is 20.0 Å². The van der Waals surface area contributed by atoms with Gasteiger partial charge in [0.1, 0.15) is 5.82 Å². The molecule has 0 aliphatic heterocycles. The quantitative estimate of drug-likeness (QED) is 0.291. The van der Waals surface area contributed by atoms with Gasteiger partial charge in [0.25, 0.3) is 0 Å². The number of halogens is 1. The van der Waals surface area contributed by atoms with E-state index in [9.17, 15) is 0 Å². The third-order valence-electron chi connectivity index (χ3n) is 4.21. The number of aliphatic imine (C=N–C) groups is 1. The number of rotatable bonds is 7. The molecule has 3 rings (SSSR count). The molecule has 0 bridgehead atoms. The third-order valence-corrected chi connectivity index (χ3v) is 4.21. The van der Waals surface area contributed by atoms with E-state index in [1.807, 2.05) is 48.5 Å². The van der Waals surface area contributed by atoms with E-state index in [2.05, 4.69) is 39.3 Å². The lowest BCUT2D eigenvalue weighted by Crippen LogP contribution is -2.38. The average Bonchev–Trinajstić information content (AvgIpc) is 3.20. The van der Waals surface area contributed by atoms with Gasteiger partial charge < -0.3 is 19.9 Å². The zero-order valence-corrected chi connectivity index (χ0v) is 19.3. The molecule has 0 saturated carbocycles. The van der Waals surface area contributed by atoms with Crippen LogP contribution < -0.4 is 10.1 Å². The van der Waals surface area contributed by atoms with E-state index >= 15 is 0 Å². The van der Waals surface area contributed by atoms with Crippen LogP contribution in [0, 0.1) is 0 Å². The van der Waals surface area contributed by atoms with Crippen molar-refractivity contribution in [3.05, 3.63) is 66.2 Å². The van der Waals surface area contributed by atoms with E-state index in [-0.39, 0.29) is 24.0 Å². The fourth-order valence-electron chi connectivity index (χ4n) is 2.77. The van der Waals surface area contributed by atoms with Gasteiger partial charge in [-0.15, -0.1) is 24.0 Å². The fraction of sp³-hybridized carbons (Fsp3) is 0.286. The van der Waals surface area contributed by atoms with Gasteiger partial charge in [-0.2, -0.15) is 0 Å². The maximum absolute atomic E-state index is 5.09. The number of imidazole rings is 1. The molecule has 1 aromatic carbocycles. The van der Waals surface area contributed by atoms with Crippen LogP contribution in [0.5, 0.6) is 5.88 Å². The van der Waals surface area contributed by atoms with Gasteiger partial charge in [-0.25, -0.2) is 15.0 Å². The molecular formula is C21H27IN6O. The highest BCUT2D eigenvalue weighted by Gasteiger charge is 2.10. The molecule has 8 heteroatoms. The first-order valence-corrected chi connectivity index (χ1v) is 9.27. The molecule has 0 aliphatic carbocycles. The number of hydrogen-bond acceptors (Lipinski definition) is 4. The number of hydrogen-bond donors (Lipinski definition) is 2. The highest BCUT2D eigenvalue weighted by molar-refractivity contribution is 14.0. The zero-order valence-electron chi connectivity index (χ0n) is 16.9. The smallest absolute Gasteiger partial charge is 0.212 e. The predicted molar refractivity (Wildman–Crippen MR) is 127 cm³/mol. The zero-order chi connectivity index (χ0) is 19.8. The van der Waals surface area contributed by atoms with E-state index in [0.717, 1.165) is 35.1 Å². The molecule has 2 aromatic heterocycles. The number of H-pyrrole nitrogens is 1. The lowest BCUT2D eigenvalue weighted by molar-refractivity contribution is 0.397. The molecule has 2 N–H and O–H groups in total. The molecule has 0 atom stereocenters. The van der Waals surface area contributed by atoms with Crippen LogP contribution >= 0.6 is 24.0 Å². The number of pyridine rings is 1. The number of ether oxygens (including phenoxy) is 1. The highest BCUT2D eigenvalue weighted by Crippen LogP contribution is 2.16. The maximum Gasteiger partial charge on any atom is 0.212 e. The maximum atomic E-state index is 5.09. The summed E-state index contributed by atoms with van der Waals surface area (Å²) in [5.41, 5.74) is 3.15. The van der Waals surface area contributed by atoms with Crippen LogP contribution in [0.4, 0.5) is 0 Å². The summed E-state index contributed by atoms with van der Waals surface area (Å²) in [6.07, 6.45) is 3.65. The summed E-state index contributed by atoms with van der Waals surface area (Å²) in [5.74, 6) is 2.30. The summed E-state index contributed by atoms with van der Waals surface area (Å²) in [4.78, 5) is 18.9. The van der Waals surface area contributed by atoms with Gasteiger partial charge >= 0.3 is 0 Å². The number of benzene rings is 1. The Morgan fingerprint density at radius 1 is 1.14 bits per heavy atom. The first-order chi connectivity index (χ1) is 13.7. The summed E-state index contributed by atoms with van der Waals surface area (Å²) < 4.78 is 5.09. The summed E-state index contributed by atoms with van der Waals surface area (Å²) in [6, 6.07) is 14.0. The van der Waals surface area contributed by atoms with Gasteiger partial charge in [-0.3, -0.25) is 0 Å². The normalized spacial score (nSPS) is 10.9. The van der Waals surface area contributed by atoms with Crippen LogP contribution in [0.1, 0.15) is 18.3 Å². The second-order valence-corrected chi connectivity index (χ2v) is 6.34. The van der Waals surface area contributed by atoms with Crippen LogP contribution in [0.25, 0.3) is 11.3 Å². The summed E-state index contributed by atoms with van der Waals surface area (Å²) in [7, 11) is 3.61. The largest absolute Gasteiger partial charge is 0.481 e. The Morgan fingerprint density at radius 2 is 1.93 bits per heavy atom. The summed E-state index contributed by atoms with van der Waals surface area (Å²) in [5, 5.41) is 3.32. The van der Waals surface area contributed by atoms with Gasteiger partial charge in [0.2, 0.25) is 5.88 Å². The van der Waals surface area contributed by atoms with Gasteiger partial charge in [0, 0.05) is 25.9 Å². The summed E-state index contributed by atoms with van der Waals surface area (Å²) >= 11 is 0. The molecule has 7 nitrogen and oxygen atoms in total. The number of nitrogens with zero attached hydrogens (tertiary/aromatic N) is 4. The van der Waals surface area contributed by atoms with Gasteiger partial charge in [0.05, 0.1) is 32.1 Å². The lowest BCUT2D eigenvalue weighted by atomic mass is 10.2. The van der Waals surface area contributed by atoms with Gasteiger partial charge in [-0.05, 0) is 18.1 Å². The molecule has 0 radical (unpaired) electrons. The number of guanidine groups is 1. The molecule has 0 spiro atoms. The van der Waals surface area contributed by atoms with E-state index in [0.29, 0.717) is 19.0 Å². The van der Waals surface area contributed by atoms with Crippen LogP contribution in [0.3, 0.4) is 0 Å². The minimum Gasteiger partial charge on any atom is -0.481 e. The fourth-order valence-corrected chi connectivity index (χ4v) is 2.77. The number of nitrogens with one attached hydrogen (secondary N) is 2. The molecule has 0 fully saturated rings. The Kier molecular flexibility index (Phi) is 8.91. The Morgan fingerprint density at radius 3 is 2.59 bits per heavy atom. The van der Waals surface area contributed by atoms with E-state index < -0.39 is 0 Å². The number of aromatic nitrogens is 3. The Hall–Kier alpha value is -2.62. The number of methoxy groups -OCH3 is 1. The Labute approximate surface area is 188 Å². The van der Waals surface area contributed by atoms with E-state index in [1.54, 1.807) is 13.3 Å². The second-order valence-electron chi connectivity index (χ2n) is 6.34. The minimum absolute atomic E-state index is 0. The molecule has 0 saturated heterocycles. The highest BCUT2D eigenvalue weighted by atomic mass is 127. The monoisotopic (exact) mass is 506 g/mol. The van der Waals surface area contributed by atoms with Crippen molar-refractivity contribution in [1.29, 1.82) is 0 Å². The minimum atomic E-state index is 0. The molecular weight excluding hydrogens is 479 g/mol. The molecule has 0 unspecified atom stereocenters. The van der Waals surface area contributed by atoms with Crippen molar-refractivity contribution in [3.63, 3.8) is 0 Å². The van der Waals surface area contributed by atoms with Crippen molar-refractivity contribution in [3.8, 4) is 17.1 Å². The van der Waals surface area contributed by atoms with Crippen LogP contribution in [0.2, 0.25) is 0 Å². The molecule has 29 heavy (non-hydrogen) atoms. The SMILES string of the molecule is CCNC(=NCc1ccc(OC)nc1)N(C)Cc1ncc(-c2ccccc2)[nH]1.I. The topological polar surface area (TPSA) is 78.4 Å². The van der Waals surface area contributed by atoms with Crippen molar-refractivity contribution >= 4 is 29.9 Å². The van der Waals surface area contributed by atoms with Crippen molar-refractivity contribution in [2.75, 3.05) is 20.7 Å². The Bertz CT molecular complexity index is 895. The van der Waals surface area contributed by atoms with Crippen molar-refractivity contribution in [1.82, 2.24) is 25.2 Å². The molecule has 0 aliphatic rings. The van der Waals surface area contributed by atoms with Crippen molar-refractivity contribution in [2.24, 2.45) is 4.99 Å². The first kappa shape index (κ1) is 22.7. The van der Waals surface area contributed by atoms with Crippen molar-refractivity contribution < 1.29 is 4.74 Å². The lowest BCUT2D eigenvalue weighted by Gasteiger charge is -2.21. The average molecular weight is 506 g/mol.